The number of carbonyl (C=O) groups excluding carboxylic acids is 2. The largest absolute Gasteiger partial charge is 0.493 e. The van der Waals surface area contributed by atoms with E-state index in [1.807, 2.05) is 4.90 Å². The number of anilines is 1. The Labute approximate surface area is 151 Å². The number of rotatable bonds is 6. The van der Waals surface area contributed by atoms with Gasteiger partial charge in [0.1, 0.15) is 11.6 Å². The first-order valence-electron chi connectivity index (χ1n) is 8.69. The van der Waals surface area contributed by atoms with Crippen molar-refractivity contribution in [2.45, 2.75) is 19.3 Å². The average Bonchev–Trinajstić information content (AvgIpc) is 3.18. The lowest BCUT2D eigenvalue weighted by Crippen LogP contribution is -2.27. The van der Waals surface area contributed by atoms with Crippen LogP contribution >= 0.6 is 0 Å². The molecule has 0 saturated carbocycles. The maximum absolute atomic E-state index is 12.8. The minimum atomic E-state index is -0.332. The lowest BCUT2D eigenvalue weighted by molar-refractivity contribution is -0.116. The molecule has 1 fully saturated rings. The summed E-state index contributed by atoms with van der Waals surface area (Å²) in [7, 11) is 0. The quantitative estimate of drug-likeness (QED) is 0.862. The molecule has 3 rings (SSSR count). The topological polar surface area (TPSA) is 58.6 Å². The highest BCUT2D eigenvalue weighted by molar-refractivity contribution is 5.96. The Kier molecular flexibility index (Phi) is 5.84. The van der Waals surface area contributed by atoms with Gasteiger partial charge < -0.3 is 15.0 Å². The molecule has 2 amide bonds. The SMILES string of the molecule is O=C(CCOc1ccc(F)cc1)Nc1ccc(C(=O)N2CCCC2)cc1. The van der Waals surface area contributed by atoms with Gasteiger partial charge in [-0.2, -0.15) is 0 Å². The van der Waals surface area contributed by atoms with Gasteiger partial charge in [0.05, 0.1) is 13.0 Å². The van der Waals surface area contributed by atoms with Crippen LogP contribution in [0.15, 0.2) is 48.5 Å². The van der Waals surface area contributed by atoms with Crippen LogP contribution in [0.4, 0.5) is 10.1 Å². The van der Waals surface area contributed by atoms with E-state index in [9.17, 15) is 14.0 Å². The van der Waals surface area contributed by atoms with Crippen LogP contribution in [0.3, 0.4) is 0 Å². The third-order valence-electron chi connectivity index (χ3n) is 4.22. The number of nitrogens with zero attached hydrogens (tertiary/aromatic N) is 1. The number of hydrogen-bond acceptors (Lipinski definition) is 3. The molecule has 1 aliphatic rings. The van der Waals surface area contributed by atoms with Crippen LogP contribution in [-0.2, 0) is 4.79 Å². The molecule has 1 N–H and O–H groups in total. The molecule has 1 saturated heterocycles. The average molecular weight is 356 g/mol. The molecule has 2 aromatic rings. The Bertz CT molecular complexity index is 754. The van der Waals surface area contributed by atoms with Crippen molar-refractivity contribution >= 4 is 17.5 Å². The molecule has 0 unspecified atom stereocenters. The van der Waals surface area contributed by atoms with E-state index in [0.29, 0.717) is 17.0 Å². The van der Waals surface area contributed by atoms with Crippen molar-refractivity contribution in [2.75, 3.05) is 25.0 Å². The highest BCUT2D eigenvalue weighted by Gasteiger charge is 2.19. The summed E-state index contributed by atoms with van der Waals surface area (Å²) >= 11 is 0. The van der Waals surface area contributed by atoms with Gasteiger partial charge in [0.2, 0.25) is 5.91 Å². The molecule has 5 nitrogen and oxygen atoms in total. The normalized spacial score (nSPS) is 13.5. The summed E-state index contributed by atoms with van der Waals surface area (Å²) in [6, 6.07) is 12.5. The number of carbonyl (C=O) groups is 2. The van der Waals surface area contributed by atoms with Gasteiger partial charge in [-0.05, 0) is 61.4 Å². The number of halogens is 1. The van der Waals surface area contributed by atoms with Gasteiger partial charge in [0.25, 0.3) is 5.91 Å². The highest BCUT2D eigenvalue weighted by atomic mass is 19.1. The van der Waals surface area contributed by atoms with Gasteiger partial charge in [-0.15, -0.1) is 0 Å². The molecule has 0 radical (unpaired) electrons. The van der Waals surface area contributed by atoms with Crippen LogP contribution in [0.1, 0.15) is 29.6 Å². The van der Waals surface area contributed by atoms with E-state index in [2.05, 4.69) is 5.32 Å². The molecule has 6 heteroatoms. The van der Waals surface area contributed by atoms with Crippen LogP contribution in [0.2, 0.25) is 0 Å². The molecule has 1 heterocycles. The van der Waals surface area contributed by atoms with Gasteiger partial charge in [-0.1, -0.05) is 0 Å². The van der Waals surface area contributed by atoms with Gasteiger partial charge in [0.15, 0.2) is 0 Å². The fraction of sp³-hybridized carbons (Fsp3) is 0.300. The molecule has 26 heavy (non-hydrogen) atoms. The number of likely N-dealkylation sites (tertiary alicyclic amines) is 1. The fourth-order valence-corrected chi connectivity index (χ4v) is 2.81. The summed E-state index contributed by atoms with van der Waals surface area (Å²) in [6.07, 6.45) is 2.28. The van der Waals surface area contributed by atoms with Crippen molar-refractivity contribution in [3.8, 4) is 5.75 Å². The predicted octanol–water partition coefficient (Wildman–Crippen LogP) is 3.47. The summed E-state index contributed by atoms with van der Waals surface area (Å²) in [5.74, 6) is 0.0320. The molecule has 2 aromatic carbocycles. The second-order valence-electron chi connectivity index (χ2n) is 6.18. The fourth-order valence-electron chi connectivity index (χ4n) is 2.81. The summed E-state index contributed by atoms with van der Waals surface area (Å²) in [5.41, 5.74) is 1.26. The van der Waals surface area contributed by atoms with Crippen LogP contribution < -0.4 is 10.1 Å². The number of amides is 2. The van der Waals surface area contributed by atoms with E-state index in [0.717, 1.165) is 25.9 Å². The van der Waals surface area contributed by atoms with E-state index in [4.69, 9.17) is 4.74 Å². The lowest BCUT2D eigenvalue weighted by atomic mass is 10.2. The zero-order chi connectivity index (χ0) is 18.4. The Morgan fingerprint density at radius 2 is 1.65 bits per heavy atom. The molecule has 0 atom stereocenters. The molecule has 0 aromatic heterocycles. The molecule has 0 aliphatic carbocycles. The number of benzene rings is 2. The first kappa shape index (κ1) is 17.9. The smallest absolute Gasteiger partial charge is 0.253 e. The minimum absolute atomic E-state index is 0.0353. The Balaban J connectivity index is 1.45. The molecule has 136 valence electrons. The first-order chi connectivity index (χ1) is 12.6. The van der Waals surface area contributed by atoms with Crippen molar-refractivity contribution in [2.24, 2.45) is 0 Å². The van der Waals surface area contributed by atoms with Crippen LogP contribution in [0.25, 0.3) is 0 Å². The second-order valence-corrected chi connectivity index (χ2v) is 6.18. The van der Waals surface area contributed by atoms with Crippen molar-refractivity contribution in [3.05, 3.63) is 59.9 Å². The minimum Gasteiger partial charge on any atom is -0.493 e. The summed E-state index contributed by atoms with van der Waals surface area (Å²) in [5, 5.41) is 2.77. The number of nitrogens with one attached hydrogen (secondary N) is 1. The predicted molar refractivity (Wildman–Crippen MR) is 96.7 cm³/mol. The maximum Gasteiger partial charge on any atom is 0.253 e. The summed E-state index contributed by atoms with van der Waals surface area (Å²) < 4.78 is 18.2. The number of ether oxygens (including phenoxy) is 1. The zero-order valence-electron chi connectivity index (χ0n) is 14.4. The molecule has 1 aliphatic heterocycles. The Morgan fingerprint density at radius 3 is 2.31 bits per heavy atom. The Morgan fingerprint density at radius 1 is 1.00 bits per heavy atom. The summed E-state index contributed by atoms with van der Waals surface area (Å²) in [4.78, 5) is 26.1. The second kappa shape index (κ2) is 8.47. The van der Waals surface area contributed by atoms with Crippen LogP contribution in [0, 0.1) is 5.82 Å². The monoisotopic (exact) mass is 356 g/mol. The molecular weight excluding hydrogens is 335 g/mol. The van der Waals surface area contributed by atoms with E-state index in [1.54, 1.807) is 24.3 Å². The van der Waals surface area contributed by atoms with E-state index >= 15 is 0 Å². The first-order valence-corrected chi connectivity index (χ1v) is 8.69. The maximum atomic E-state index is 12.8. The molecule has 0 spiro atoms. The van der Waals surface area contributed by atoms with Gasteiger partial charge in [-0.25, -0.2) is 4.39 Å². The van der Waals surface area contributed by atoms with Crippen molar-refractivity contribution < 1.29 is 18.7 Å². The zero-order valence-corrected chi connectivity index (χ0v) is 14.4. The summed E-state index contributed by atoms with van der Waals surface area (Å²) in [6.45, 7) is 1.82. The van der Waals surface area contributed by atoms with Gasteiger partial charge in [0, 0.05) is 24.3 Å². The Hall–Kier alpha value is -2.89. The van der Waals surface area contributed by atoms with Crippen molar-refractivity contribution in [3.63, 3.8) is 0 Å². The van der Waals surface area contributed by atoms with E-state index < -0.39 is 0 Å². The standard InChI is InChI=1S/C20H21FN2O3/c21-16-5-9-18(10-6-16)26-14-11-19(24)22-17-7-3-15(4-8-17)20(25)23-12-1-2-13-23/h3-10H,1-2,11-14H2,(H,22,24). The van der Waals surface area contributed by atoms with E-state index in [-0.39, 0.29) is 30.7 Å². The van der Waals surface area contributed by atoms with Crippen LogP contribution in [0.5, 0.6) is 5.75 Å². The molecular formula is C20H21FN2O3. The third-order valence-corrected chi connectivity index (χ3v) is 4.22. The van der Waals surface area contributed by atoms with E-state index in [1.165, 1.54) is 24.3 Å². The number of hydrogen-bond donors (Lipinski definition) is 1. The lowest BCUT2D eigenvalue weighted by Gasteiger charge is -2.15. The van der Waals surface area contributed by atoms with Gasteiger partial charge in [-0.3, -0.25) is 9.59 Å². The molecule has 0 bridgehead atoms. The van der Waals surface area contributed by atoms with Gasteiger partial charge >= 0.3 is 0 Å². The van der Waals surface area contributed by atoms with Crippen LogP contribution in [-0.4, -0.2) is 36.4 Å². The third kappa shape index (κ3) is 4.81. The van der Waals surface area contributed by atoms with Crippen molar-refractivity contribution in [1.29, 1.82) is 0 Å². The highest BCUT2D eigenvalue weighted by Crippen LogP contribution is 2.16. The van der Waals surface area contributed by atoms with Crippen molar-refractivity contribution in [1.82, 2.24) is 4.90 Å².